The van der Waals surface area contributed by atoms with Crippen LogP contribution in [0.3, 0.4) is 0 Å². The average Bonchev–Trinajstić information content (AvgIpc) is 2.62. The van der Waals surface area contributed by atoms with Crippen LogP contribution in [0.4, 0.5) is 0 Å². The van der Waals surface area contributed by atoms with Gasteiger partial charge >= 0.3 is 0 Å². The summed E-state index contributed by atoms with van der Waals surface area (Å²) in [5, 5.41) is 3.13. The van der Waals surface area contributed by atoms with Crippen LogP contribution in [0.25, 0.3) is 0 Å². The van der Waals surface area contributed by atoms with Crippen molar-refractivity contribution >= 4 is 5.91 Å². The molecule has 134 valence electrons. The molecular formula is C19H29NO4. The molecule has 1 aliphatic carbocycles. The molecule has 1 N–H and O–H groups in total. The van der Waals surface area contributed by atoms with E-state index in [1.165, 1.54) is 6.42 Å². The molecule has 24 heavy (non-hydrogen) atoms. The van der Waals surface area contributed by atoms with Crippen molar-refractivity contribution in [2.45, 2.75) is 45.1 Å². The summed E-state index contributed by atoms with van der Waals surface area (Å²) in [5.41, 5.74) is 1.01. The molecule has 1 fully saturated rings. The molecule has 0 aliphatic heterocycles. The van der Waals surface area contributed by atoms with Gasteiger partial charge in [-0.25, -0.2) is 0 Å². The van der Waals surface area contributed by atoms with Crippen molar-refractivity contribution in [1.29, 1.82) is 0 Å². The number of methoxy groups -OCH3 is 2. The first-order valence-electron chi connectivity index (χ1n) is 8.75. The maximum atomic E-state index is 12.4. The van der Waals surface area contributed by atoms with Gasteiger partial charge in [0.2, 0.25) is 5.91 Å². The van der Waals surface area contributed by atoms with Gasteiger partial charge in [-0.1, -0.05) is 25.3 Å². The van der Waals surface area contributed by atoms with E-state index in [0.717, 1.165) is 31.2 Å². The maximum absolute atomic E-state index is 12.4. The monoisotopic (exact) mass is 335 g/mol. The van der Waals surface area contributed by atoms with E-state index < -0.39 is 0 Å². The number of hydrogen-bond acceptors (Lipinski definition) is 4. The Kier molecular flexibility index (Phi) is 7.37. The summed E-state index contributed by atoms with van der Waals surface area (Å²) in [6.45, 7) is 3.00. The van der Waals surface area contributed by atoms with Gasteiger partial charge in [-0.15, -0.1) is 0 Å². The second-order valence-corrected chi connectivity index (χ2v) is 6.32. The number of amides is 1. The first-order valence-corrected chi connectivity index (χ1v) is 8.75. The van der Waals surface area contributed by atoms with Gasteiger partial charge in [0.1, 0.15) is 6.61 Å². The smallest absolute Gasteiger partial charge is 0.223 e. The zero-order valence-electron chi connectivity index (χ0n) is 15.0. The molecule has 2 rings (SSSR count). The van der Waals surface area contributed by atoms with E-state index in [2.05, 4.69) is 5.32 Å². The number of carbonyl (C=O) groups excluding carboxylic acids is 1. The van der Waals surface area contributed by atoms with Crippen molar-refractivity contribution in [3.63, 3.8) is 0 Å². The normalized spacial score (nSPS) is 16.5. The number of hydrogen-bond donors (Lipinski definition) is 1. The summed E-state index contributed by atoms with van der Waals surface area (Å²) in [4.78, 5) is 12.4. The summed E-state index contributed by atoms with van der Waals surface area (Å²) < 4.78 is 16.0. The van der Waals surface area contributed by atoms with Gasteiger partial charge in [-0.3, -0.25) is 4.79 Å². The highest BCUT2D eigenvalue weighted by Crippen LogP contribution is 2.31. The van der Waals surface area contributed by atoms with E-state index in [1.807, 2.05) is 25.1 Å². The van der Waals surface area contributed by atoms with Crippen LogP contribution in [0.2, 0.25) is 0 Å². The van der Waals surface area contributed by atoms with Crippen LogP contribution in [0.1, 0.15) is 50.6 Å². The third kappa shape index (κ3) is 5.13. The molecule has 1 saturated carbocycles. The van der Waals surface area contributed by atoms with Gasteiger partial charge < -0.3 is 19.5 Å². The molecule has 0 heterocycles. The molecule has 1 aromatic carbocycles. The lowest BCUT2D eigenvalue weighted by Gasteiger charge is -2.23. The summed E-state index contributed by atoms with van der Waals surface area (Å²) in [6.07, 6.45) is 5.59. The Balaban J connectivity index is 1.97. The van der Waals surface area contributed by atoms with Crippen LogP contribution in [-0.4, -0.2) is 33.3 Å². The summed E-state index contributed by atoms with van der Waals surface area (Å²) in [7, 11) is 3.26. The molecule has 0 bridgehead atoms. The molecule has 0 spiro atoms. The molecule has 1 aliphatic rings. The third-order valence-corrected chi connectivity index (χ3v) is 4.57. The molecule has 1 aromatic rings. The molecule has 1 unspecified atom stereocenters. The average molecular weight is 335 g/mol. The zero-order chi connectivity index (χ0) is 17.4. The molecule has 0 aromatic heterocycles. The van der Waals surface area contributed by atoms with E-state index in [0.29, 0.717) is 24.7 Å². The maximum Gasteiger partial charge on any atom is 0.223 e. The predicted octanol–water partition coefficient (Wildman–Crippen LogP) is 3.48. The first-order chi connectivity index (χ1) is 11.7. The molecular weight excluding hydrogens is 306 g/mol. The highest BCUT2D eigenvalue weighted by atomic mass is 16.5. The Labute approximate surface area is 144 Å². The minimum Gasteiger partial charge on any atom is -0.493 e. The van der Waals surface area contributed by atoms with Crippen molar-refractivity contribution in [1.82, 2.24) is 5.32 Å². The number of nitrogens with one attached hydrogen (secondary N) is 1. The topological polar surface area (TPSA) is 56.8 Å². The predicted molar refractivity (Wildman–Crippen MR) is 93.5 cm³/mol. The van der Waals surface area contributed by atoms with E-state index in [1.54, 1.807) is 14.2 Å². The number of ether oxygens (including phenoxy) is 3. The van der Waals surface area contributed by atoms with Crippen molar-refractivity contribution in [3.05, 3.63) is 23.8 Å². The van der Waals surface area contributed by atoms with Gasteiger partial charge in [0, 0.05) is 13.0 Å². The molecule has 1 atom stereocenters. The van der Waals surface area contributed by atoms with E-state index in [-0.39, 0.29) is 17.9 Å². The minimum atomic E-state index is -0.0543. The van der Waals surface area contributed by atoms with Gasteiger partial charge in [0.15, 0.2) is 11.5 Å². The second-order valence-electron chi connectivity index (χ2n) is 6.32. The lowest BCUT2D eigenvalue weighted by molar-refractivity contribution is -0.126. The van der Waals surface area contributed by atoms with Crippen LogP contribution in [0.5, 0.6) is 11.5 Å². The number of rotatable bonds is 8. The minimum absolute atomic E-state index is 0.0543. The summed E-state index contributed by atoms with van der Waals surface area (Å²) >= 11 is 0. The Morgan fingerprint density at radius 3 is 2.58 bits per heavy atom. The van der Waals surface area contributed by atoms with E-state index >= 15 is 0 Å². The highest BCUT2D eigenvalue weighted by Gasteiger charge is 2.22. The Morgan fingerprint density at radius 2 is 1.92 bits per heavy atom. The Morgan fingerprint density at radius 1 is 1.17 bits per heavy atom. The standard InChI is InChI=1S/C19H29NO4/c1-14(20-19(21)15-7-5-4-6-8-15)16-9-10-17(18(13-16)23-3)24-12-11-22-2/h9-10,13-15H,4-8,11-12H2,1-3H3,(H,20,21). The van der Waals surface area contributed by atoms with Gasteiger partial charge in [-0.2, -0.15) is 0 Å². The SMILES string of the molecule is COCCOc1ccc(C(C)NC(=O)C2CCCCC2)cc1OC. The molecule has 5 nitrogen and oxygen atoms in total. The van der Waals surface area contributed by atoms with Crippen molar-refractivity contribution in [2.75, 3.05) is 27.4 Å². The highest BCUT2D eigenvalue weighted by molar-refractivity contribution is 5.79. The summed E-state index contributed by atoms with van der Waals surface area (Å²) in [6, 6.07) is 5.72. The lowest BCUT2D eigenvalue weighted by atomic mass is 9.88. The van der Waals surface area contributed by atoms with Crippen molar-refractivity contribution in [2.24, 2.45) is 5.92 Å². The Hall–Kier alpha value is -1.75. The van der Waals surface area contributed by atoms with E-state index in [4.69, 9.17) is 14.2 Å². The van der Waals surface area contributed by atoms with E-state index in [9.17, 15) is 4.79 Å². The number of carbonyl (C=O) groups is 1. The quantitative estimate of drug-likeness (QED) is 0.739. The van der Waals surface area contributed by atoms with Gasteiger partial charge in [0.25, 0.3) is 0 Å². The number of benzene rings is 1. The van der Waals surface area contributed by atoms with Crippen LogP contribution in [0, 0.1) is 5.92 Å². The fraction of sp³-hybridized carbons (Fsp3) is 0.632. The zero-order valence-corrected chi connectivity index (χ0v) is 15.0. The first kappa shape index (κ1) is 18.6. The van der Waals surface area contributed by atoms with Crippen molar-refractivity contribution < 1.29 is 19.0 Å². The van der Waals surface area contributed by atoms with Crippen LogP contribution < -0.4 is 14.8 Å². The van der Waals surface area contributed by atoms with Crippen LogP contribution in [-0.2, 0) is 9.53 Å². The van der Waals surface area contributed by atoms with Gasteiger partial charge in [-0.05, 0) is 37.5 Å². The van der Waals surface area contributed by atoms with Gasteiger partial charge in [0.05, 0.1) is 19.8 Å². The fourth-order valence-corrected chi connectivity index (χ4v) is 3.09. The summed E-state index contributed by atoms with van der Waals surface area (Å²) in [5.74, 6) is 1.69. The molecule has 1 amide bonds. The second kappa shape index (κ2) is 9.52. The molecule has 0 saturated heterocycles. The molecule has 0 radical (unpaired) electrons. The third-order valence-electron chi connectivity index (χ3n) is 4.57. The molecule has 5 heteroatoms. The van der Waals surface area contributed by atoms with Crippen LogP contribution >= 0.6 is 0 Å². The fourth-order valence-electron chi connectivity index (χ4n) is 3.09. The Bertz CT molecular complexity index is 526. The van der Waals surface area contributed by atoms with Crippen LogP contribution in [0.15, 0.2) is 18.2 Å². The largest absolute Gasteiger partial charge is 0.493 e. The lowest BCUT2D eigenvalue weighted by Crippen LogP contribution is -2.33. The van der Waals surface area contributed by atoms with Crippen molar-refractivity contribution in [3.8, 4) is 11.5 Å².